The zero-order valence-electron chi connectivity index (χ0n) is 12.1. The van der Waals surface area contributed by atoms with Crippen LogP contribution in [-0.2, 0) is 4.84 Å². The number of quaternary nitrogens is 1. The van der Waals surface area contributed by atoms with Crippen LogP contribution in [0.4, 0.5) is 0 Å². The molecule has 0 bridgehead atoms. The van der Waals surface area contributed by atoms with E-state index in [1.807, 2.05) is 0 Å². The van der Waals surface area contributed by atoms with Crippen LogP contribution in [-0.4, -0.2) is 45.0 Å². The minimum Gasteiger partial charge on any atom is -1.00 e. The summed E-state index contributed by atoms with van der Waals surface area (Å²) in [5.74, 6) is 0.573. The lowest BCUT2D eigenvalue weighted by atomic mass is 9.71. The summed E-state index contributed by atoms with van der Waals surface area (Å²) in [5, 5.41) is 4.22. The minimum absolute atomic E-state index is 0. The van der Waals surface area contributed by atoms with Crippen molar-refractivity contribution in [3.63, 3.8) is 0 Å². The van der Waals surface area contributed by atoms with Gasteiger partial charge in [0.05, 0.1) is 39.3 Å². The largest absolute Gasteiger partial charge is 1.00 e. The van der Waals surface area contributed by atoms with Gasteiger partial charge in [0.1, 0.15) is 7.11 Å². The van der Waals surface area contributed by atoms with E-state index in [0.717, 1.165) is 17.4 Å². The van der Waals surface area contributed by atoms with Crippen molar-refractivity contribution < 1.29 is 33.3 Å². The number of oxime groups is 1. The van der Waals surface area contributed by atoms with Gasteiger partial charge in [-0.1, -0.05) is 19.0 Å². The van der Waals surface area contributed by atoms with Crippen LogP contribution in [0.5, 0.6) is 0 Å². The fourth-order valence-corrected chi connectivity index (χ4v) is 2.63. The normalized spacial score (nSPS) is 26.5. The van der Waals surface area contributed by atoms with Gasteiger partial charge in [0.25, 0.3) is 0 Å². The van der Waals surface area contributed by atoms with Crippen LogP contribution in [0.3, 0.4) is 0 Å². The molecule has 1 atom stereocenters. The lowest BCUT2D eigenvalue weighted by molar-refractivity contribution is -0.872. The van der Waals surface area contributed by atoms with Gasteiger partial charge in [-0.15, -0.1) is 0 Å². The number of halogens is 1. The van der Waals surface area contributed by atoms with Crippen molar-refractivity contribution in [1.29, 1.82) is 0 Å². The summed E-state index contributed by atoms with van der Waals surface area (Å²) in [6.07, 6.45) is 3.54. The highest BCUT2D eigenvalue weighted by Gasteiger charge is 2.35. The monoisotopic (exact) mass is 354 g/mol. The Morgan fingerprint density at radius 1 is 1.35 bits per heavy atom. The number of hydrogen-bond acceptors (Lipinski definition) is 2. The quantitative estimate of drug-likeness (QED) is 0.381. The Labute approximate surface area is 123 Å². The summed E-state index contributed by atoms with van der Waals surface area (Å²) in [6.45, 7) is 5.87. The van der Waals surface area contributed by atoms with Crippen molar-refractivity contribution >= 4 is 5.71 Å². The molecule has 0 aliphatic heterocycles. The molecule has 1 fully saturated rings. The molecule has 0 amide bonds. The molecule has 0 aromatic rings. The molecule has 1 unspecified atom stereocenters. The van der Waals surface area contributed by atoms with Gasteiger partial charge >= 0.3 is 0 Å². The van der Waals surface area contributed by atoms with Crippen LogP contribution < -0.4 is 24.0 Å². The summed E-state index contributed by atoms with van der Waals surface area (Å²) < 4.78 is 0.990. The summed E-state index contributed by atoms with van der Waals surface area (Å²) >= 11 is 0. The molecular formula is C13H27IN2O. The van der Waals surface area contributed by atoms with Crippen LogP contribution in [0.15, 0.2) is 5.16 Å². The average molecular weight is 354 g/mol. The molecule has 0 aromatic carbocycles. The first-order valence-corrected chi connectivity index (χ1v) is 6.14. The average Bonchev–Trinajstić information content (AvgIpc) is 2.06. The standard InChI is InChI=1S/C13H27N2O.HI/c1-13(2)8-7-12(14-16-6)11(9-13)10-15(3,4)5;/h11H,7-10H2,1-6H3;1H/q+1;/p-1/b14-12-;. The number of nitrogens with zero attached hydrogens (tertiary/aromatic N) is 2. The third kappa shape index (κ3) is 6.04. The lowest BCUT2D eigenvalue weighted by Gasteiger charge is -2.38. The number of hydrogen-bond donors (Lipinski definition) is 0. The summed E-state index contributed by atoms with van der Waals surface area (Å²) in [4.78, 5) is 4.98. The van der Waals surface area contributed by atoms with Gasteiger partial charge in [0, 0.05) is 0 Å². The summed E-state index contributed by atoms with van der Waals surface area (Å²) in [7, 11) is 8.37. The molecule has 3 nitrogen and oxygen atoms in total. The van der Waals surface area contributed by atoms with E-state index in [0.29, 0.717) is 11.3 Å². The van der Waals surface area contributed by atoms with Gasteiger partial charge in [-0.2, -0.15) is 0 Å². The minimum atomic E-state index is 0. The molecule has 17 heavy (non-hydrogen) atoms. The van der Waals surface area contributed by atoms with Crippen LogP contribution in [0.2, 0.25) is 0 Å². The van der Waals surface area contributed by atoms with E-state index in [-0.39, 0.29) is 24.0 Å². The molecular weight excluding hydrogens is 327 g/mol. The van der Waals surface area contributed by atoms with Crippen molar-refractivity contribution in [1.82, 2.24) is 0 Å². The fourth-order valence-electron chi connectivity index (χ4n) is 2.63. The molecule has 4 heteroatoms. The third-order valence-electron chi connectivity index (χ3n) is 3.30. The van der Waals surface area contributed by atoms with E-state index in [1.54, 1.807) is 7.11 Å². The van der Waals surface area contributed by atoms with Crippen molar-refractivity contribution in [2.24, 2.45) is 16.5 Å². The molecule has 0 radical (unpaired) electrons. The highest BCUT2D eigenvalue weighted by Crippen LogP contribution is 2.37. The lowest BCUT2D eigenvalue weighted by Crippen LogP contribution is -3.00. The van der Waals surface area contributed by atoms with Crippen molar-refractivity contribution in [3.05, 3.63) is 0 Å². The van der Waals surface area contributed by atoms with Gasteiger partial charge in [-0.3, -0.25) is 0 Å². The first-order valence-electron chi connectivity index (χ1n) is 6.14. The van der Waals surface area contributed by atoms with E-state index in [2.05, 4.69) is 40.1 Å². The van der Waals surface area contributed by atoms with Crippen LogP contribution in [0, 0.1) is 11.3 Å². The van der Waals surface area contributed by atoms with Crippen molar-refractivity contribution in [3.8, 4) is 0 Å². The predicted octanol–water partition coefficient (Wildman–Crippen LogP) is -0.475. The summed E-state index contributed by atoms with van der Waals surface area (Å²) in [6, 6.07) is 0. The molecule has 0 N–H and O–H groups in total. The highest BCUT2D eigenvalue weighted by atomic mass is 127. The van der Waals surface area contributed by atoms with E-state index >= 15 is 0 Å². The van der Waals surface area contributed by atoms with Crippen molar-refractivity contribution in [2.75, 3.05) is 34.8 Å². The second-order valence-electron chi connectivity index (χ2n) is 6.80. The second-order valence-corrected chi connectivity index (χ2v) is 6.80. The topological polar surface area (TPSA) is 21.6 Å². The van der Waals surface area contributed by atoms with Crippen LogP contribution in [0.25, 0.3) is 0 Å². The maximum Gasteiger partial charge on any atom is 0.106 e. The van der Waals surface area contributed by atoms with Gasteiger partial charge in [0.15, 0.2) is 0 Å². The Bertz CT molecular complexity index is 267. The van der Waals surface area contributed by atoms with Crippen LogP contribution >= 0.6 is 0 Å². The molecule has 0 saturated heterocycles. The molecule has 1 rings (SSSR count). The molecule has 0 aromatic heterocycles. The Balaban J connectivity index is 0.00000256. The predicted molar refractivity (Wildman–Crippen MR) is 68.5 cm³/mol. The van der Waals surface area contributed by atoms with Gasteiger partial charge in [-0.05, 0) is 24.7 Å². The van der Waals surface area contributed by atoms with E-state index in [1.165, 1.54) is 18.6 Å². The Kier molecular flexibility index (Phi) is 6.42. The SMILES string of the molecule is CO/N=C1/CCC(C)(C)CC1C[N+](C)(C)C.[I-]. The Morgan fingerprint density at radius 3 is 2.41 bits per heavy atom. The fraction of sp³-hybridized carbons (Fsp3) is 0.923. The smallest absolute Gasteiger partial charge is 0.106 e. The first-order chi connectivity index (χ1) is 7.23. The molecule has 1 saturated carbocycles. The summed E-state index contributed by atoms with van der Waals surface area (Å²) in [5.41, 5.74) is 1.71. The first kappa shape index (κ1) is 17.2. The van der Waals surface area contributed by atoms with Gasteiger partial charge in [0.2, 0.25) is 0 Å². The maximum atomic E-state index is 4.98. The van der Waals surface area contributed by atoms with E-state index in [9.17, 15) is 0 Å². The Hall–Kier alpha value is 0.160. The van der Waals surface area contributed by atoms with Crippen LogP contribution in [0.1, 0.15) is 33.1 Å². The molecule has 0 spiro atoms. The molecule has 102 valence electrons. The zero-order valence-corrected chi connectivity index (χ0v) is 14.2. The molecule has 1 aliphatic rings. The second kappa shape index (κ2) is 6.36. The van der Waals surface area contributed by atoms with Gasteiger partial charge in [-0.25, -0.2) is 0 Å². The third-order valence-corrected chi connectivity index (χ3v) is 3.30. The highest BCUT2D eigenvalue weighted by molar-refractivity contribution is 5.87. The maximum absolute atomic E-state index is 4.98. The van der Waals surface area contributed by atoms with E-state index < -0.39 is 0 Å². The molecule has 1 aliphatic carbocycles. The van der Waals surface area contributed by atoms with Crippen molar-refractivity contribution in [2.45, 2.75) is 33.1 Å². The molecule has 0 heterocycles. The van der Waals surface area contributed by atoms with Gasteiger partial charge < -0.3 is 33.3 Å². The Morgan fingerprint density at radius 2 is 1.94 bits per heavy atom. The number of rotatable bonds is 3. The van der Waals surface area contributed by atoms with E-state index in [4.69, 9.17) is 4.84 Å². The zero-order chi connectivity index (χ0) is 12.4.